The number of hydrogen-bond donors (Lipinski definition) is 1. The highest BCUT2D eigenvalue weighted by Gasteiger charge is 2.36. The molecule has 2 aliphatic rings. The molecule has 1 aliphatic heterocycles. The predicted molar refractivity (Wildman–Crippen MR) is 98.2 cm³/mol. The Bertz CT molecular complexity index is 697. The highest BCUT2D eigenvalue weighted by Crippen LogP contribution is 2.27. The van der Waals surface area contributed by atoms with Crippen LogP contribution in [0.15, 0.2) is 30.0 Å². The van der Waals surface area contributed by atoms with Crippen molar-refractivity contribution < 1.29 is 9.53 Å². The van der Waals surface area contributed by atoms with Crippen molar-refractivity contribution in [3.05, 3.63) is 35.5 Å². The van der Waals surface area contributed by atoms with E-state index >= 15 is 0 Å². The summed E-state index contributed by atoms with van der Waals surface area (Å²) >= 11 is 5.37. The highest BCUT2D eigenvalue weighted by molar-refractivity contribution is 7.80. The summed E-state index contributed by atoms with van der Waals surface area (Å²) < 4.78 is 5.35. The standard InChI is InChI=1S/C19H20N2O2S/c1-2-12-23-16-10-8-14(9-11-16)13-17-18(22)21(19(24)20-17)15-6-4-3-5-7-15/h1,8-11,13,15H,3-7,12H2,(H,20,24). The van der Waals surface area contributed by atoms with Crippen LogP contribution in [0.4, 0.5) is 0 Å². The lowest BCUT2D eigenvalue weighted by molar-refractivity contribution is -0.124. The molecule has 1 amide bonds. The molecule has 5 heteroatoms. The molecule has 1 aromatic carbocycles. The van der Waals surface area contributed by atoms with Gasteiger partial charge < -0.3 is 10.1 Å². The second kappa shape index (κ2) is 7.50. The summed E-state index contributed by atoms with van der Waals surface area (Å²) in [7, 11) is 0. The van der Waals surface area contributed by atoms with Crippen LogP contribution in [0.1, 0.15) is 37.7 Å². The van der Waals surface area contributed by atoms with Crippen molar-refractivity contribution in [2.45, 2.75) is 38.1 Å². The van der Waals surface area contributed by atoms with Gasteiger partial charge in [0.05, 0.1) is 0 Å². The molecule has 1 aromatic rings. The Hall–Kier alpha value is -2.32. The first-order chi connectivity index (χ1) is 11.7. The fourth-order valence-corrected chi connectivity index (χ4v) is 3.51. The molecule has 1 saturated heterocycles. The molecule has 1 aliphatic carbocycles. The molecule has 24 heavy (non-hydrogen) atoms. The molecular formula is C19H20N2O2S. The SMILES string of the molecule is C#CCOc1ccc(C=C2NC(=S)N(C3CCCCC3)C2=O)cc1. The van der Waals surface area contributed by atoms with E-state index in [-0.39, 0.29) is 18.6 Å². The number of nitrogens with zero attached hydrogens (tertiary/aromatic N) is 1. The van der Waals surface area contributed by atoms with Crippen LogP contribution in [0.2, 0.25) is 0 Å². The average molecular weight is 340 g/mol. The van der Waals surface area contributed by atoms with Gasteiger partial charge in [0.25, 0.3) is 5.91 Å². The normalized spacial score (nSPS) is 20.1. The lowest BCUT2D eigenvalue weighted by Gasteiger charge is -2.29. The fourth-order valence-electron chi connectivity index (χ4n) is 3.17. The zero-order chi connectivity index (χ0) is 16.9. The Morgan fingerprint density at radius 1 is 1.29 bits per heavy atom. The van der Waals surface area contributed by atoms with E-state index in [1.807, 2.05) is 30.3 Å². The minimum absolute atomic E-state index is 0.0282. The predicted octanol–water partition coefficient (Wildman–Crippen LogP) is 3.09. The third-order valence-corrected chi connectivity index (χ3v) is 4.66. The third kappa shape index (κ3) is 3.60. The number of benzene rings is 1. The molecular weight excluding hydrogens is 320 g/mol. The van der Waals surface area contributed by atoms with Gasteiger partial charge in [-0.1, -0.05) is 37.3 Å². The molecule has 0 bridgehead atoms. The number of rotatable bonds is 4. The summed E-state index contributed by atoms with van der Waals surface area (Å²) in [6.07, 6.45) is 12.6. The first-order valence-corrected chi connectivity index (χ1v) is 8.62. The molecule has 1 heterocycles. The van der Waals surface area contributed by atoms with Gasteiger partial charge in [-0.15, -0.1) is 6.42 Å². The maximum absolute atomic E-state index is 12.7. The maximum Gasteiger partial charge on any atom is 0.276 e. The van der Waals surface area contributed by atoms with Crippen molar-refractivity contribution in [1.82, 2.24) is 10.2 Å². The van der Waals surface area contributed by atoms with Crippen LogP contribution in [0.3, 0.4) is 0 Å². The summed E-state index contributed by atoms with van der Waals surface area (Å²) in [4.78, 5) is 14.4. The van der Waals surface area contributed by atoms with Crippen molar-refractivity contribution in [2.24, 2.45) is 0 Å². The third-order valence-electron chi connectivity index (χ3n) is 4.36. The zero-order valence-corrected chi connectivity index (χ0v) is 14.3. The number of amides is 1. The molecule has 0 spiro atoms. The molecule has 4 nitrogen and oxygen atoms in total. The van der Waals surface area contributed by atoms with Gasteiger partial charge in [-0.05, 0) is 48.8 Å². The molecule has 2 fully saturated rings. The summed E-state index contributed by atoms with van der Waals surface area (Å²) in [5.74, 6) is 3.11. The first-order valence-electron chi connectivity index (χ1n) is 8.21. The second-order valence-electron chi connectivity index (χ2n) is 6.02. The van der Waals surface area contributed by atoms with Crippen molar-refractivity contribution in [3.63, 3.8) is 0 Å². The molecule has 0 unspecified atom stereocenters. The molecule has 1 saturated carbocycles. The van der Waals surface area contributed by atoms with Gasteiger partial charge in [0, 0.05) is 6.04 Å². The highest BCUT2D eigenvalue weighted by atomic mass is 32.1. The number of hydrogen-bond acceptors (Lipinski definition) is 3. The Labute approximate surface area is 147 Å². The van der Waals surface area contributed by atoms with Gasteiger partial charge in [0.1, 0.15) is 18.1 Å². The summed E-state index contributed by atoms with van der Waals surface area (Å²) in [5, 5.41) is 3.58. The minimum atomic E-state index is -0.0282. The molecule has 1 N–H and O–H groups in total. The fraction of sp³-hybridized carbons (Fsp3) is 0.368. The maximum atomic E-state index is 12.7. The lowest BCUT2D eigenvalue weighted by Crippen LogP contribution is -2.41. The van der Waals surface area contributed by atoms with Crippen LogP contribution < -0.4 is 10.1 Å². The van der Waals surface area contributed by atoms with E-state index < -0.39 is 0 Å². The first kappa shape index (κ1) is 16.5. The molecule has 3 rings (SSSR count). The Morgan fingerprint density at radius 3 is 2.67 bits per heavy atom. The minimum Gasteiger partial charge on any atom is -0.481 e. The van der Waals surface area contributed by atoms with E-state index in [2.05, 4.69) is 11.2 Å². The Balaban J connectivity index is 1.72. The summed E-state index contributed by atoms with van der Waals surface area (Å²) in [5.41, 5.74) is 1.44. The number of terminal acetylenes is 1. The number of nitrogens with one attached hydrogen (secondary N) is 1. The monoisotopic (exact) mass is 340 g/mol. The van der Waals surface area contributed by atoms with Crippen LogP contribution in [-0.4, -0.2) is 28.6 Å². The van der Waals surface area contributed by atoms with Crippen LogP contribution in [0.25, 0.3) is 6.08 Å². The molecule has 124 valence electrons. The van der Waals surface area contributed by atoms with E-state index in [0.29, 0.717) is 16.6 Å². The van der Waals surface area contributed by atoms with Gasteiger partial charge in [-0.25, -0.2) is 0 Å². The largest absolute Gasteiger partial charge is 0.481 e. The quantitative estimate of drug-likeness (QED) is 0.520. The van der Waals surface area contributed by atoms with E-state index in [9.17, 15) is 4.79 Å². The van der Waals surface area contributed by atoms with E-state index in [4.69, 9.17) is 23.4 Å². The van der Waals surface area contributed by atoms with Crippen LogP contribution in [0.5, 0.6) is 5.75 Å². The van der Waals surface area contributed by atoms with Gasteiger partial charge in [-0.2, -0.15) is 0 Å². The zero-order valence-electron chi connectivity index (χ0n) is 13.5. The van der Waals surface area contributed by atoms with Gasteiger partial charge in [0.2, 0.25) is 0 Å². The molecule has 0 atom stereocenters. The van der Waals surface area contributed by atoms with Gasteiger partial charge in [0.15, 0.2) is 5.11 Å². The van der Waals surface area contributed by atoms with Crippen molar-refractivity contribution in [1.29, 1.82) is 0 Å². The van der Waals surface area contributed by atoms with E-state index in [1.54, 1.807) is 4.90 Å². The number of thiocarbonyl (C=S) groups is 1. The van der Waals surface area contributed by atoms with Gasteiger partial charge >= 0.3 is 0 Å². The van der Waals surface area contributed by atoms with E-state index in [1.165, 1.54) is 6.42 Å². The summed E-state index contributed by atoms with van der Waals surface area (Å²) in [6, 6.07) is 7.68. The number of ether oxygens (including phenoxy) is 1. The lowest BCUT2D eigenvalue weighted by atomic mass is 9.94. The van der Waals surface area contributed by atoms with E-state index in [0.717, 1.165) is 31.2 Å². The van der Waals surface area contributed by atoms with Crippen LogP contribution in [0, 0.1) is 12.3 Å². The number of carbonyl (C=O) groups excluding carboxylic acids is 1. The Morgan fingerprint density at radius 2 is 2.00 bits per heavy atom. The van der Waals surface area contributed by atoms with Crippen LogP contribution >= 0.6 is 12.2 Å². The summed E-state index contributed by atoms with van der Waals surface area (Å²) in [6.45, 7) is 0.241. The van der Waals surface area contributed by atoms with Crippen molar-refractivity contribution >= 4 is 29.3 Å². The van der Waals surface area contributed by atoms with Crippen molar-refractivity contribution in [3.8, 4) is 18.1 Å². The van der Waals surface area contributed by atoms with Crippen LogP contribution in [-0.2, 0) is 4.79 Å². The van der Waals surface area contributed by atoms with Crippen molar-refractivity contribution in [2.75, 3.05) is 6.61 Å². The smallest absolute Gasteiger partial charge is 0.276 e. The van der Waals surface area contributed by atoms with Gasteiger partial charge in [-0.3, -0.25) is 9.69 Å². The molecule has 0 radical (unpaired) electrons. The topological polar surface area (TPSA) is 41.6 Å². The molecule has 0 aromatic heterocycles. The second-order valence-corrected chi connectivity index (χ2v) is 6.40. The average Bonchev–Trinajstić information content (AvgIpc) is 2.88. The Kier molecular flexibility index (Phi) is 5.17. The number of carbonyl (C=O) groups is 1.